The fourth-order valence-corrected chi connectivity index (χ4v) is 4.15. The van der Waals surface area contributed by atoms with E-state index in [0.29, 0.717) is 39.4 Å². The lowest BCUT2D eigenvalue weighted by atomic mass is 9.77. The molecule has 3 aromatic rings. The molecule has 1 amide bonds. The monoisotopic (exact) mass is 530 g/mol. The lowest BCUT2D eigenvalue weighted by Gasteiger charge is -2.36. The Morgan fingerprint density at radius 2 is 1.55 bits per heavy atom. The third-order valence-electron chi connectivity index (χ3n) is 5.24. The number of aromatic hydroxyl groups is 2. The van der Waals surface area contributed by atoms with Gasteiger partial charge in [0, 0.05) is 28.8 Å². The number of alkyl halides is 1. The molecule has 3 aromatic carbocycles. The number of hydrogen-bond acceptors (Lipinski definition) is 7. The van der Waals surface area contributed by atoms with Gasteiger partial charge in [0.15, 0.2) is 5.60 Å². The summed E-state index contributed by atoms with van der Waals surface area (Å²) in [6.45, 7) is 0. The molecule has 156 valence electrons. The van der Waals surface area contributed by atoms with E-state index in [4.69, 9.17) is 9.47 Å². The number of amides is 1. The van der Waals surface area contributed by atoms with Gasteiger partial charge in [-0.2, -0.15) is 0 Å². The molecule has 2 aliphatic heterocycles. The van der Waals surface area contributed by atoms with Gasteiger partial charge in [0.2, 0.25) is 5.91 Å². The maximum Gasteiger partial charge on any atom is 0.340 e. The SMILES string of the molecule is O=C(CI)NNc1ccc2c(c1)C(=O)OC21c2ccc(O)cc2Oc2cc(O)ccc21. The first kappa shape index (κ1) is 19.5. The van der Waals surface area contributed by atoms with Gasteiger partial charge in [0.1, 0.15) is 23.0 Å². The van der Waals surface area contributed by atoms with Crippen molar-refractivity contribution in [3.63, 3.8) is 0 Å². The van der Waals surface area contributed by atoms with Gasteiger partial charge in [-0.3, -0.25) is 15.6 Å². The van der Waals surface area contributed by atoms with Crippen LogP contribution >= 0.6 is 22.6 Å². The standard InChI is InChI=1S/C22H15IN2O6/c23-10-20(28)25-24-11-1-4-15-14(7-11)21(29)31-22(15)16-5-2-12(26)8-18(16)30-19-9-13(27)3-6-17(19)22/h1-9,24,26-27H,10H2,(H,25,28). The van der Waals surface area contributed by atoms with Crippen molar-refractivity contribution in [2.45, 2.75) is 5.60 Å². The number of hydrazine groups is 1. The number of phenols is 2. The number of ether oxygens (including phenoxy) is 2. The van der Waals surface area contributed by atoms with E-state index in [0.717, 1.165) is 0 Å². The largest absolute Gasteiger partial charge is 0.508 e. The molecule has 0 saturated heterocycles. The lowest BCUT2D eigenvalue weighted by Crippen LogP contribution is -2.33. The summed E-state index contributed by atoms with van der Waals surface area (Å²) >= 11 is 1.95. The third kappa shape index (κ3) is 2.95. The van der Waals surface area contributed by atoms with Crippen LogP contribution in [0, 0.1) is 0 Å². The second-order valence-corrected chi connectivity index (χ2v) is 7.86. The summed E-state index contributed by atoms with van der Waals surface area (Å²) in [6, 6.07) is 14.2. The van der Waals surface area contributed by atoms with E-state index < -0.39 is 11.6 Å². The van der Waals surface area contributed by atoms with Crippen LogP contribution in [0.1, 0.15) is 27.0 Å². The number of carbonyl (C=O) groups excluding carboxylic acids is 2. The van der Waals surface area contributed by atoms with Crippen LogP contribution in [0.4, 0.5) is 5.69 Å². The summed E-state index contributed by atoms with van der Waals surface area (Å²) in [7, 11) is 0. The number of rotatable bonds is 3. The Morgan fingerprint density at radius 3 is 2.16 bits per heavy atom. The van der Waals surface area contributed by atoms with Gasteiger partial charge >= 0.3 is 5.97 Å². The van der Waals surface area contributed by atoms with Crippen LogP contribution in [0.3, 0.4) is 0 Å². The number of benzene rings is 3. The first-order valence-electron chi connectivity index (χ1n) is 9.26. The summed E-state index contributed by atoms with van der Waals surface area (Å²) < 4.78 is 12.2. The summed E-state index contributed by atoms with van der Waals surface area (Å²) in [5, 5.41) is 19.9. The number of esters is 1. The number of nitrogens with one attached hydrogen (secondary N) is 2. The molecule has 0 unspecified atom stereocenters. The van der Waals surface area contributed by atoms with E-state index in [2.05, 4.69) is 10.9 Å². The van der Waals surface area contributed by atoms with Crippen LogP contribution in [-0.4, -0.2) is 26.5 Å². The molecule has 0 aromatic heterocycles. The molecule has 8 nitrogen and oxygen atoms in total. The quantitative estimate of drug-likeness (QED) is 0.177. The van der Waals surface area contributed by atoms with Gasteiger partial charge in [-0.05, 0) is 36.4 Å². The average Bonchev–Trinajstić information content (AvgIpc) is 3.04. The molecule has 4 N–H and O–H groups in total. The Kier molecular flexibility index (Phi) is 4.43. The van der Waals surface area contributed by atoms with Crippen LogP contribution in [0.25, 0.3) is 0 Å². The predicted molar refractivity (Wildman–Crippen MR) is 119 cm³/mol. The Balaban J connectivity index is 1.70. The molecule has 0 aliphatic carbocycles. The van der Waals surface area contributed by atoms with Crippen molar-refractivity contribution < 1.29 is 29.3 Å². The lowest BCUT2D eigenvalue weighted by molar-refractivity contribution is -0.117. The Hall–Kier alpha value is -3.47. The smallest absolute Gasteiger partial charge is 0.340 e. The highest BCUT2D eigenvalue weighted by Crippen LogP contribution is 2.57. The number of fused-ring (bicyclic) bond motifs is 6. The fraction of sp³-hybridized carbons (Fsp3) is 0.0909. The van der Waals surface area contributed by atoms with Crippen molar-refractivity contribution in [3.8, 4) is 23.0 Å². The van der Waals surface area contributed by atoms with Gasteiger partial charge in [-0.1, -0.05) is 28.7 Å². The number of hydrogen-bond donors (Lipinski definition) is 4. The molecule has 5 rings (SSSR count). The summed E-state index contributed by atoms with van der Waals surface area (Å²) in [6.07, 6.45) is 0. The third-order valence-corrected chi connectivity index (χ3v) is 5.93. The second-order valence-electron chi connectivity index (χ2n) is 7.10. The zero-order valence-electron chi connectivity index (χ0n) is 15.8. The summed E-state index contributed by atoms with van der Waals surface area (Å²) in [4.78, 5) is 24.5. The molecule has 0 saturated carbocycles. The number of phenolic OH excluding ortho intramolecular Hbond substituents is 2. The molecule has 9 heteroatoms. The van der Waals surface area contributed by atoms with Gasteiger partial charge in [0.25, 0.3) is 0 Å². The second kappa shape index (κ2) is 7.05. The molecule has 0 fully saturated rings. The molecule has 0 atom stereocenters. The maximum absolute atomic E-state index is 13.0. The predicted octanol–water partition coefficient (Wildman–Crippen LogP) is 3.54. The highest BCUT2D eigenvalue weighted by Gasteiger charge is 2.53. The van der Waals surface area contributed by atoms with Crippen molar-refractivity contribution in [2.75, 3.05) is 9.85 Å². The zero-order valence-corrected chi connectivity index (χ0v) is 18.0. The number of halogens is 1. The molecule has 2 heterocycles. The van der Waals surface area contributed by atoms with Gasteiger partial charge in [-0.25, -0.2) is 4.79 Å². The van der Waals surface area contributed by atoms with Crippen molar-refractivity contribution in [3.05, 3.63) is 76.9 Å². The van der Waals surface area contributed by atoms with E-state index >= 15 is 0 Å². The topological polar surface area (TPSA) is 117 Å². The van der Waals surface area contributed by atoms with Crippen molar-refractivity contribution in [2.24, 2.45) is 0 Å². The fourth-order valence-electron chi connectivity index (χ4n) is 3.96. The molecule has 1 spiro atoms. The minimum atomic E-state index is -1.30. The highest BCUT2D eigenvalue weighted by molar-refractivity contribution is 14.1. The molecular weight excluding hydrogens is 515 g/mol. The molecule has 2 aliphatic rings. The number of carbonyl (C=O) groups is 2. The van der Waals surface area contributed by atoms with Gasteiger partial charge in [0.05, 0.1) is 15.7 Å². The molecular formula is C22H15IN2O6. The van der Waals surface area contributed by atoms with E-state index in [1.165, 1.54) is 24.3 Å². The maximum atomic E-state index is 13.0. The summed E-state index contributed by atoms with van der Waals surface area (Å²) in [5.74, 6) is -0.128. The van der Waals surface area contributed by atoms with Crippen molar-refractivity contribution in [1.29, 1.82) is 0 Å². The first-order valence-corrected chi connectivity index (χ1v) is 10.8. The minimum absolute atomic E-state index is 0.00685. The van der Waals surface area contributed by atoms with E-state index in [-0.39, 0.29) is 21.8 Å². The van der Waals surface area contributed by atoms with E-state index in [1.807, 2.05) is 22.6 Å². The van der Waals surface area contributed by atoms with E-state index in [1.54, 1.807) is 30.3 Å². The molecule has 31 heavy (non-hydrogen) atoms. The molecule has 0 bridgehead atoms. The Bertz CT molecular complexity index is 1210. The normalized spacial score (nSPS) is 14.7. The van der Waals surface area contributed by atoms with Crippen LogP contribution < -0.4 is 15.6 Å². The van der Waals surface area contributed by atoms with Crippen LogP contribution in [0.5, 0.6) is 23.0 Å². The first-order chi connectivity index (χ1) is 14.9. The van der Waals surface area contributed by atoms with Crippen LogP contribution in [0.15, 0.2) is 54.6 Å². The summed E-state index contributed by atoms with van der Waals surface area (Å²) in [5.41, 5.74) is 6.57. The van der Waals surface area contributed by atoms with Crippen molar-refractivity contribution >= 4 is 40.2 Å². The Labute approximate surface area is 189 Å². The van der Waals surface area contributed by atoms with Crippen molar-refractivity contribution in [1.82, 2.24) is 5.43 Å². The van der Waals surface area contributed by atoms with Gasteiger partial charge < -0.3 is 19.7 Å². The average molecular weight is 530 g/mol. The highest BCUT2D eigenvalue weighted by atomic mass is 127. The Morgan fingerprint density at radius 1 is 0.935 bits per heavy atom. The van der Waals surface area contributed by atoms with E-state index in [9.17, 15) is 19.8 Å². The van der Waals surface area contributed by atoms with Gasteiger partial charge in [-0.15, -0.1) is 0 Å². The minimum Gasteiger partial charge on any atom is -0.508 e. The zero-order chi connectivity index (χ0) is 21.8. The number of anilines is 1. The van der Waals surface area contributed by atoms with Crippen LogP contribution in [0.2, 0.25) is 0 Å². The van der Waals surface area contributed by atoms with Crippen LogP contribution in [-0.2, 0) is 15.1 Å². The molecule has 0 radical (unpaired) electrons.